The van der Waals surface area contributed by atoms with Crippen LogP contribution in [0.15, 0.2) is 12.3 Å². The van der Waals surface area contributed by atoms with E-state index in [4.69, 9.17) is 5.73 Å². The summed E-state index contributed by atoms with van der Waals surface area (Å²) in [6, 6.07) is 1.98. The molecular formula is C9H13N5S. The maximum Gasteiger partial charge on any atom is 0.142 e. The number of hydrogen-bond donors (Lipinski definition) is 2. The lowest BCUT2D eigenvalue weighted by Gasteiger charge is -2.04. The van der Waals surface area contributed by atoms with E-state index >= 15 is 0 Å². The summed E-state index contributed by atoms with van der Waals surface area (Å²) in [6.45, 7) is 2.70. The lowest BCUT2D eigenvalue weighted by molar-refractivity contribution is 0.721. The van der Waals surface area contributed by atoms with Crippen LogP contribution in [0.3, 0.4) is 0 Å². The van der Waals surface area contributed by atoms with Crippen molar-refractivity contribution in [2.45, 2.75) is 13.5 Å². The highest BCUT2D eigenvalue weighted by molar-refractivity contribution is 7.10. The van der Waals surface area contributed by atoms with Crippen molar-refractivity contribution in [3.63, 3.8) is 0 Å². The predicted octanol–water partition coefficient (Wildman–Crippen LogP) is 1.38. The van der Waals surface area contributed by atoms with Gasteiger partial charge >= 0.3 is 0 Å². The number of hydrogen-bond acceptors (Lipinski definition) is 5. The van der Waals surface area contributed by atoms with Crippen LogP contribution in [0.1, 0.15) is 11.3 Å². The van der Waals surface area contributed by atoms with Crippen molar-refractivity contribution < 1.29 is 0 Å². The van der Waals surface area contributed by atoms with Gasteiger partial charge in [0, 0.05) is 18.8 Å². The van der Waals surface area contributed by atoms with Gasteiger partial charge in [0.1, 0.15) is 10.8 Å². The summed E-state index contributed by atoms with van der Waals surface area (Å²) in [5.74, 6) is 0.604. The van der Waals surface area contributed by atoms with E-state index in [1.54, 1.807) is 6.20 Å². The molecule has 0 fully saturated rings. The quantitative estimate of drug-likeness (QED) is 0.824. The zero-order chi connectivity index (χ0) is 10.8. The highest BCUT2D eigenvalue weighted by Gasteiger charge is 2.06. The fourth-order valence-electron chi connectivity index (χ4n) is 1.26. The first-order valence-corrected chi connectivity index (χ1v) is 5.38. The molecule has 0 spiro atoms. The first kappa shape index (κ1) is 9.97. The molecule has 0 atom stereocenters. The third-order valence-corrected chi connectivity index (χ3v) is 3.23. The molecule has 0 saturated carbocycles. The molecule has 2 aromatic rings. The second-order valence-electron chi connectivity index (χ2n) is 3.32. The number of nitrogens with two attached hydrogens (primary N) is 1. The topological polar surface area (TPSA) is 68.8 Å². The van der Waals surface area contributed by atoms with Crippen LogP contribution < -0.4 is 11.1 Å². The molecule has 0 radical (unpaired) electrons. The lowest BCUT2D eigenvalue weighted by atomic mass is 10.3. The van der Waals surface area contributed by atoms with Crippen LogP contribution in [-0.2, 0) is 13.6 Å². The zero-order valence-electron chi connectivity index (χ0n) is 8.69. The molecule has 0 aromatic carbocycles. The Kier molecular flexibility index (Phi) is 2.59. The van der Waals surface area contributed by atoms with E-state index in [1.807, 2.05) is 24.7 Å². The van der Waals surface area contributed by atoms with E-state index < -0.39 is 0 Å². The summed E-state index contributed by atoms with van der Waals surface area (Å²) < 4.78 is 5.91. The van der Waals surface area contributed by atoms with Crippen LogP contribution in [-0.4, -0.2) is 14.2 Å². The molecule has 0 aliphatic carbocycles. The summed E-state index contributed by atoms with van der Waals surface area (Å²) in [5.41, 5.74) is 7.80. The molecule has 2 heterocycles. The van der Waals surface area contributed by atoms with Crippen molar-refractivity contribution in [2.75, 3.05) is 11.1 Å². The number of aryl methyl sites for hydroxylation is 1. The van der Waals surface area contributed by atoms with E-state index in [0.29, 0.717) is 5.82 Å². The van der Waals surface area contributed by atoms with Gasteiger partial charge in [-0.3, -0.25) is 4.68 Å². The molecule has 0 aliphatic rings. The van der Waals surface area contributed by atoms with Crippen LogP contribution in [0.25, 0.3) is 0 Å². The zero-order valence-corrected chi connectivity index (χ0v) is 9.51. The largest absolute Gasteiger partial charge is 0.383 e. The third-order valence-electron chi connectivity index (χ3n) is 2.31. The van der Waals surface area contributed by atoms with Gasteiger partial charge in [0.25, 0.3) is 0 Å². The third kappa shape index (κ3) is 1.94. The van der Waals surface area contributed by atoms with E-state index in [2.05, 4.69) is 14.8 Å². The number of nitrogens with one attached hydrogen (secondary N) is 1. The maximum absolute atomic E-state index is 5.66. The fourth-order valence-corrected chi connectivity index (χ4v) is 1.96. The number of nitrogen functional groups attached to an aromatic ring is 1. The smallest absolute Gasteiger partial charge is 0.142 e. The van der Waals surface area contributed by atoms with E-state index in [0.717, 1.165) is 22.8 Å². The summed E-state index contributed by atoms with van der Waals surface area (Å²) >= 11 is 1.39. The molecule has 0 aliphatic heterocycles. The number of aromatic nitrogens is 3. The summed E-state index contributed by atoms with van der Waals surface area (Å²) in [6.07, 6.45) is 1.78. The van der Waals surface area contributed by atoms with Crippen LogP contribution in [0, 0.1) is 6.92 Å². The van der Waals surface area contributed by atoms with Crippen LogP contribution in [0.5, 0.6) is 0 Å². The van der Waals surface area contributed by atoms with Gasteiger partial charge < -0.3 is 11.1 Å². The van der Waals surface area contributed by atoms with E-state index in [1.165, 1.54) is 11.5 Å². The first-order valence-electron chi connectivity index (χ1n) is 4.61. The van der Waals surface area contributed by atoms with Gasteiger partial charge in [0.05, 0.1) is 12.2 Å². The minimum Gasteiger partial charge on any atom is -0.383 e. The Balaban J connectivity index is 2.05. The summed E-state index contributed by atoms with van der Waals surface area (Å²) in [4.78, 5) is 0. The average Bonchev–Trinajstić information content (AvgIpc) is 2.74. The lowest BCUT2D eigenvalue weighted by Crippen LogP contribution is -2.05. The van der Waals surface area contributed by atoms with Gasteiger partial charge in [-0.2, -0.15) is 9.47 Å². The molecule has 80 valence electrons. The number of rotatable bonds is 3. The maximum atomic E-state index is 5.66. The standard InChI is InChI=1S/C9H13N5S/c1-6-8(10)13-15-9(6)11-5-7-3-4-12-14(7)2/h3-4,11H,5H2,1-2H3,(H2,10,13). The Morgan fingerprint density at radius 1 is 1.60 bits per heavy atom. The van der Waals surface area contributed by atoms with Crippen molar-refractivity contribution in [1.29, 1.82) is 0 Å². The minimum absolute atomic E-state index is 0.604. The van der Waals surface area contributed by atoms with Gasteiger partial charge in [0.2, 0.25) is 0 Å². The van der Waals surface area contributed by atoms with Crippen molar-refractivity contribution in [3.05, 3.63) is 23.5 Å². The van der Waals surface area contributed by atoms with Gasteiger partial charge in [0.15, 0.2) is 0 Å². The van der Waals surface area contributed by atoms with Crippen LogP contribution in [0.2, 0.25) is 0 Å². The summed E-state index contributed by atoms with van der Waals surface area (Å²) in [5, 5.41) is 8.41. The molecule has 2 aromatic heterocycles. The first-order chi connectivity index (χ1) is 7.18. The van der Waals surface area contributed by atoms with Gasteiger partial charge in [-0.25, -0.2) is 0 Å². The molecule has 2 rings (SSSR count). The minimum atomic E-state index is 0.604. The molecule has 0 amide bonds. The van der Waals surface area contributed by atoms with Gasteiger partial charge in [-0.05, 0) is 24.5 Å². The fraction of sp³-hybridized carbons (Fsp3) is 0.333. The predicted molar refractivity (Wildman–Crippen MR) is 61.8 cm³/mol. The molecule has 5 nitrogen and oxygen atoms in total. The molecule has 15 heavy (non-hydrogen) atoms. The average molecular weight is 223 g/mol. The Morgan fingerprint density at radius 3 is 2.93 bits per heavy atom. The number of nitrogens with zero attached hydrogens (tertiary/aromatic N) is 3. The molecule has 3 N–H and O–H groups in total. The highest BCUT2D eigenvalue weighted by atomic mass is 32.1. The Labute approximate surface area is 92.1 Å². The normalized spacial score (nSPS) is 10.5. The SMILES string of the molecule is Cc1c(N)nsc1NCc1ccnn1C. The van der Waals surface area contributed by atoms with Crippen molar-refractivity contribution in [2.24, 2.45) is 7.05 Å². The second kappa shape index (κ2) is 3.90. The van der Waals surface area contributed by atoms with Crippen LogP contribution >= 0.6 is 11.5 Å². The monoisotopic (exact) mass is 223 g/mol. The van der Waals surface area contributed by atoms with Gasteiger partial charge in [-0.15, -0.1) is 0 Å². The Hall–Kier alpha value is -1.56. The number of anilines is 2. The molecular weight excluding hydrogens is 210 g/mol. The van der Waals surface area contributed by atoms with E-state index in [-0.39, 0.29) is 0 Å². The Morgan fingerprint density at radius 2 is 2.40 bits per heavy atom. The highest BCUT2D eigenvalue weighted by Crippen LogP contribution is 2.25. The second-order valence-corrected chi connectivity index (χ2v) is 4.10. The van der Waals surface area contributed by atoms with Crippen molar-refractivity contribution >= 4 is 22.4 Å². The Bertz CT molecular complexity index is 459. The van der Waals surface area contributed by atoms with E-state index in [9.17, 15) is 0 Å². The molecule has 0 bridgehead atoms. The van der Waals surface area contributed by atoms with Crippen molar-refractivity contribution in [1.82, 2.24) is 14.2 Å². The summed E-state index contributed by atoms with van der Waals surface area (Å²) in [7, 11) is 1.92. The van der Waals surface area contributed by atoms with Gasteiger partial charge in [-0.1, -0.05) is 0 Å². The molecule has 0 unspecified atom stereocenters. The molecule has 0 saturated heterocycles. The molecule has 6 heteroatoms. The van der Waals surface area contributed by atoms with Crippen molar-refractivity contribution in [3.8, 4) is 0 Å². The van der Waals surface area contributed by atoms with Crippen LogP contribution in [0.4, 0.5) is 10.8 Å².